The van der Waals surface area contributed by atoms with Crippen molar-refractivity contribution < 1.29 is 9.53 Å². The number of hydrogen-bond donors (Lipinski definition) is 0. The molecule has 1 aromatic carbocycles. The predicted molar refractivity (Wildman–Crippen MR) is 117 cm³/mol. The Morgan fingerprint density at radius 1 is 1.24 bits per heavy atom. The third kappa shape index (κ3) is 4.22. The molecule has 8 heteroatoms. The fraction of sp³-hybridized carbons (Fsp3) is 0.381. The smallest absolute Gasteiger partial charge is 0.348 e. The second kappa shape index (κ2) is 8.65. The molecule has 1 fully saturated rings. The Balaban J connectivity index is 1.51. The molecular weight excluding hydrogens is 408 g/mol. The summed E-state index contributed by atoms with van der Waals surface area (Å²) in [5.74, 6) is 0.618. The molecule has 0 spiro atoms. The van der Waals surface area contributed by atoms with Crippen molar-refractivity contribution >= 4 is 44.9 Å². The lowest BCUT2D eigenvalue weighted by Gasteiger charge is -2.35. The predicted octanol–water partition coefficient (Wildman–Crippen LogP) is 4.15. The minimum absolute atomic E-state index is 0.287. The zero-order valence-corrected chi connectivity index (χ0v) is 18.1. The highest BCUT2D eigenvalue weighted by atomic mass is 35.5. The van der Waals surface area contributed by atoms with Crippen molar-refractivity contribution in [3.05, 3.63) is 51.6 Å². The van der Waals surface area contributed by atoms with E-state index in [1.54, 1.807) is 6.33 Å². The van der Waals surface area contributed by atoms with Crippen LogP contribution in [0.2, 0.25) is 5.02 Å². The van der Waals surface area contributed by atoms with E-state index in [9.17, 15) is 4.79 Å². The van der Waals surface area contributed by atoms with Crippen LogP contribution in [-0.2, 0) is 11.3 Å². The summed E-state index contributed by atoms with van der Waals surface area (Å²) in [5.41, 5.74) is 2.13. The highest BCUT2D eigenvalue weighted by molar-refractivity contribution is 7.20. The van der Waals surface area contributed by atoms with E-state index in [1.807, 2.05) is 32.0 Å². The van der Waals surface area contributed by atoms with Crippen LogP contribution in [0.25, 0.3) is 10.2 Å². The van der Waals surface area contributed by atoms with Gasteiger partial charge in [-0.05, 0) is 37.1 Å². The lowest BCUT2D eigenvalue weighted by atomic mass is 10.1. The van der Waals surface area contributed by atoms with Gasteiger partial charge >= 0.3 is 5.97 Å². The highest BCUT2D eigenvalue weighted by Gasteiger charge is 2.25. The Morgan fingerprint density at radius 2 is 2.03 bits per heavy atom. The van der Waals surface area contributed by atoms with Gasteiger partial charge in [-0.25, -0.2) is 14.8 Å². The minimum atomic E-state index is -0.287. The number of anilines is 1. The first-order chi connectivity index (χ1) is 14.1. The molecule has 152 valence electrons. The van der Waals surface area contributed by atoms with Crippen molar-refractivity contribution in [2.75, 3.05) is 37.7 Å². The van der Waals surface area contributed by atoms with Gasteiger partial charge in [0.1, 0.15) is 21.9 Å². The van der Waals surface area contributed by atoms with Gasteiger partial charge in [-0.3, -0.25) is 4.90 Å². The van der Waals surface area contributed by atoms with Crippen LogP contribution < -0.4 is 4.90 Å². The molecule has 0 unspecified atom stereocenters. The Bertz CT molecular complexity index is 1030. The zero-order valence-electron chi connectivity index (χ0n) is 16.5. The van der Waals surface area contributed by atoms with E-state index in [2.05, 4.69) is 25.8 Å². The molecular formula is C21H23ClN4O2S. The first kappa shape index (κ1) is 20.1. The Hall–Kier alpha value is -2.22. The van der Waals surface area contributed by atoms with Gasteiger partial charge < -0.3 is 9.64 Å². The molecule has 0 aliphatic carbocycles. The van der Waals surface area contributed by atoms with Crippen LogP contribution in [0, 0.1) is 6.92 Å². The van der Waals surface area contributed by atoms with Gasteiger partial charge in [0.25, 0.3) is 0 Å². The standard InChI is InChI=1S/C21H23ClN4O2S/c1-3-28-21(27)18-14(2)17-19(23-13-24-20(17)29-18)26-9-7-25(8-10-26)12-15-5-4-6-16(22)11-15/h4-6,11,13H,3,7-10,12H2,1-2H3. The van der Waals surface area contributed by atoms with Crippen molar-refractivity contribution in [1.82, 2.24) is 14.9 Å². The molecule has 2 aromatic heterocycles. The summed E-state index contributed by atoms with van der Waals surface area (Å²) in [5, 5.41) is 1.73. The molecule has 0 bridgehead atoms. The van der Waals surface area contributed by atoms with Crippen LogP contribution in [0.15, 0.2) is 30.6 Å². The van der Waals surface area contributed by atoms with Crippen molar-refractivity contribution in [1.29, 1.82) is 0 Å². The largest absolute Gasteiger partial charge is 0.462 e. The van der Waals surface area contributed by atoms with E-state index in [-0.39, 0.29) is 5.97 Å². The lowest BCUT2D eigenvalue weighted by Crippen LogP contribution is -2.46. The van der Waals surface area contributed by atoms with Gasteiger partial charge in [0.15, 0.2) is 0 Å². The average Bonchev–Trinajstić information content (AvgIpc) is 3.06. The van der Waals surface area contributed by atoms with Gasteiger partial charge in [-0.15, -0.1) is 11.3 Å². The number of hydrogen-bond acceptors (Lipinski definition) is 7. The number of ether oxygens (including phenoxy) is 1. The SMILES string of the molecule is CCOC(=O)c1sc2ncnc(N3CCN(Cc4cccc(Cl)c4)CC3)c2c1C. The molecule has 0 amide bonds. The maximum atomic E-state index is 12.3. The maximum absolute atomic E-state index is 12.3. The number of thiophene rings is 1. The van der Waals surface area contributed by atoms with E-state index in [4.69, 9.17) is 16.3 Å². The molecule has 3 aromatic rings. The van der Waals surface area contributed by atoms with Crippen LogP contribution in [0.1, 0.15) is 27.7 Å². The Labute approximate surface area is 179 Å². The normalized spacial score (nSPS) is 15.1. The van der Waals surface area contributed by atoms with Crippen LogP contribution in [0.3, 0.4) is 0 Å². The summed E-state index contributed by atoms with van der Waals surface area (Å²) in [4.78, 5) is 27.4. The average molecular weight is 431 g/mol. The van der Waals surface area contributed by atoms with Crippen LogP contribution in [0.5, 0.6) is 0 Å². The number of benzene rings is 1. The van der Waals surface area contributed by atoms with E-state index in [0.717, 1.165) is 59.3 Å². The quantitative estimate of drug-likeness (QED) is 0.566. The number of fused-ring (bicyclic) bond motifs is 1. The molecule has 0 radical (unpaired) electrons. The van der Waals surface area contributed by atoms with Crippen LogP contribution >= 0.6 is 22.9 Å². The molecule has 0 saturated carbocycles. The zero-order chi connectivity index (χ0) is 20.4. The number of halogens is 1. The molecule has 6 nitrogen and oxygen atoms in total. The van der Waals surface area contributed by atoms with Crippen molar-refractivity contribution in [2.45, 2.75) is 20.4 Å². The number of esters is 1. The number of piperazine rings is 1. The monoisotopic (exact) mass is 430 g/mol. The molecule has 3 heterocycles. The van der Waals surface area contributed by atoms with Crippen molar-refractivity contribution in [2.24, 2.45) is 0 Å². The first-order valence-corrected chi connectivity index (χ1v) is 10.9. The molecule has 0 atom stereocenters. The summed E-state index contributed by atoms with van der Waals surface area (Å²) in [7, 11) is 0. The minimum Gasteiger partial charge on any atom is -0.462 e. The third-order valence-electron chi connectivity index (χ3n) is 5.13. The van der Waals surface area contributed by atoms with Crippen LogP contribution in [-0.4, -0.2) is 53.6 Å². The van der Waals surface area contributed by atoms with Gasteiger partial charge in [0.05, 0.1) is 12.0 Å². The van der Waals surface area contributed by atoms with E-state index >= 15 is 0 Å². The molecule has 1 aliphatic heterocycles. The molecule has 1 aliphatic rings. The summed E-state index contributed by atoms with van der Waals surface area (Å²) in [6.07, 6.45) is 1.58. The fourth-order valence-electron chi connectivity index (χ4n) is 3.70. The number of aromatic nitrogens is 2. The fourth-order valence-corrected chi connectivity index (χ4v) is 4.95. The molecule has 4 rings (SSSR count). The van der Waals surface area contributed by atoms with E-state index in [0.29, 0.717) is 11.5 Å². The van der Waals surface area contributed by atoms with Gasteiger partial charge in [0, 0.05) is 37.7 Å². The van der Waals surface area contributed by atoms with E-state index < -0.39 is 0 Å². The van der Waals surface area contributed by atoms with Crippen molar-refractivity contribution in [3.63, 3.8) is 0 Å². The second-order valence-corrected chi connectivity index (χ2v) is 8.48. The topological polar surface area (TPSA) is 58.6 Å². The third-order valence-corrected chi connectivity index (χ3v) is 6.55. The number of carbonyl (C=O) groups is 1. The molecule has 1 saturated heterocycles. The lowest BCUT2D eigenvalue weighted by molar-refractivity contribution is 0.0531. The van der Waals surface area contributed by atoms with E-state index in [1.165, 1.54) is 16.9 Å². The summed E-state index contributed by atoms with van der Waals surface area (Å²) in [6.45, 7) is 8.63. The highest BCUT2D eigenvalue weighted by Crippen LogP contribution is 2.35. The van der Waals surface area contributed by atoms with Gasteiger partial charge in [-0.1, -0.05) is 23.7 Å². The summed E-state index contributed by atoms with van der Waals surface area (Å²) >= 11 is 7.49. The first-order valence-electron chi connectivity index (χ1n) is 9.69. The van der Waals surface area contributed by atoms with Gasteiger partial charge in [0.2, 0.25) is 0 Å². The molecule has 29 heavy (non-hydrogen) atoms. The molecule has 0 N–H and O–H groups in total. The number of nitrogens with zero attached hydrogens (tertiary/aromatic N) is 4. The summed E-state index contributed by atoms with van der Waals surface area (Å²) < 4.78 is 5.20. The van der Waals surface area contributed by atoms with Crippen LogP contribution in [0.4, 0.5) is 5.82 Å². The maximum Gasteiger partial charge on any atom is 0.348 e. The number of carbonyl (C=O) groups excluding carboxylic acids is 1. The summed E-state index contributed by atoms with van der Waals surface area (Å²) in [6, 6.07) is 8.02. The Morgan fingerprint density at radius 3 is 2.76 bits per heavy atom. The Kier molecular flexibility index (Phi) is 5.99. The number of rotatable bonds is 5. The van der Waals surface area contributed by atoms with Gasteiger partial charge in [-0.2, -0.15) is 0 Å². The number of aryl methyl sites for hydroxylation is 1. The van der Waals surface area contributed by atoms with Crippen molar-refractivity contribution in [3.8, 4) is 0 Å². The second-order valence-electron chi connectivity index (χ2n) is 7.05.